The van der Waals surface area contributed by atoms with Crippen LogP contribution in [0, 0.1) is 0 Å². The molecule has 0 aliphatic carbocycles. The average molecular weight is 238 g/mol. The third-order valence-corrected chi connectivity index (χ3v) is 2.70. The third-order valence-electron chi connectivity index (χ3n) is 2.70. The van der Waals surface area contributed by atoms with Gasteiger partial charge < -0.3 is 4.74 Å². The lowest BCUT2D eigenvalue weighted by atomic mass is 10.2. The van der Waals surface area contributed by atoms with Crippen LogP contribution < -0.4 is 0 Å². The quantitative estimate of drug-likeness (QED) is 0.692. The molecule has 18 heavy (non-hydrogen) atoms. The van der Waals surface area contributed by atoms with Gasteiger partial charge in [0.05, 0.1) is 13.2 Å². The van der Waals surface area contributed by atoms with E-state index in [9.17, 15) is 0 Å². The van der Waals surface area contributed by atoms with Gasteiger partial charge in [0.2, 0.25) is 0 Å². The standard InChI is InChI=1S/C17H18O/c1-3-8-16(9-4-1)12-7-14-18-15-13-17-10-5-2-6-11-17/h1-12H,13-15H2. The number of rotatable bonds is 6. The van der Waals surface area contributed by atoms with Crippen LogP contribution in [0.25, 0.3) is 6.08 Å². The van der Waals surface area contributed by atoms with Gasteiger partial charge in [-0.25, -0.2) is 0 Å². The van der Waals surface area contributed by atoms with Gasteiger partial charge >= 0.3 is 0 Å². The van der Waals surface area contributed by atoms with Gasteiger partial charge in [0.25, 0.3) is 0 Å². The highest BCUT2D eigenvalue weighted by atomic mass is 16.5. The lowest BCUT2D eigenvalue weighted by Crippen LogP contribution is -1.98. The summed E-state index contributed by atoms with van der Waals surface area (Å²) in [5.74, 6) is 0. The zero-order valence-electron chi connectivity index (χ0n) is 10.5. The molecular formula is C17H18O. The minimum atomic E-state index is 0.668. The topological polar surface area (TPSA) is 9.23 Å². The first-order valence-corrected chi connectivity index (χ1v) is 6.28. The van der Waals surface area contributed by atoms with Crippen LogP contribution in [0.2, 0.25) is 0 Å². The molecule has 0 fully saturated rings. The molecule has 0 spiro atoms. The second kappa shape index (κ2) is 7.46. The van der Waals surface area contributed by atoms with E-state index in [1.165, 1.54) is 11.1 Å². The minimum Gasteiger partial charge on any atom is -0.377 e. The molecule has 0 atom stereocenters. The van der Waals surface area contributed by atoms with E-state index in [1.807, 2.05) is 24.3 Å². The molecule has 92 valence electrons. The summed E-state index contributed by atoms with van der Waals surface area (Å²) in [5, 5.41) is 0. The molecule has 0 bridgehead atoms. The molecule has 0 aromatic heterocycles. The monoisotopic (exact) mass is 238 g/mol. The maximum atomic E-state index is 5.57. The molecule has 0 unspecified atom stereocenters. The fraction of sp³-hybridized carbons (Fsp3) is 0.176. The van der Waals surface area contributed by atoms with Crippen molar-refractivity contribution >= 4 is 6.08 Å². The Hall–Kier alpha value is -1.86. The Kier molecular flexibility index (Phi) is 5.22. The van der Waals surface area contributed by atoms with Crippen LogP contribution in [0.15, 0.2) is 66.7 Å². The Labute approximate surface area is 109 Å². The predicted octanol–water partition coefficient (Wildman–Crippen LogP) is 3.96. The molecular weight excluding hydrogens is 220 g/mol. The van der Waals surface area contributed by atoms with Crippen LogP contribution in [0.3, 0.4) is 0 Å². The van der Waals surface area contributed by atoms with Gasteiger partial charge in [0.1, 0.15) is 0 Å². The third kappa shape index (κ3) is 4.56. The Morgan fingerprint density at radius 2 is 1.50 bits per heavy atom. The van der Waals surface area contributed by atoms with Gasteiger partial charge in [-0.05, 0) is 17.5 Å². The van der Waals surface area contributed by atoms with Crippen LogP contribution >= 0.6 is 0 Å². The predicted molar refractivity (Wildman–Crippen MR) is 76.4 cm³/mol. The van der Waals surface area contributed by atoms with Crippen LogP contribution in [0.1, 0.15) is 11.1 Å². The molecule has 0 heterocycles. The van der Waals surface area contributed by atoms with E-state index < -0.39 is 0 Å². The largest absolute Gasteiger partial charge is 0.377 e. The smallest absolute Gasteiger partial charge is 0.0650 e. The fourth-order valence-corrected chi connectivity index (χ4v) is 1.73. The highest BCUT2D eigenvalue weighted by molar-refractivity contribution is 5.48. The summed E-state index contributed by atoms with van der Waals surface area (Å²) < 4.78 is 5.57. The highest BCUT2D eigenvalue weighted by Crippen LogP contribution is 2.02. The molecule has 0 aliphatic heterocycles. The maximum absolute atomic E-state index is 5.57. The van der Waals surface area contributed by atoms with Crippen molar-refractivity contribution in [2.45, 2.75) is 6.42 Å². The highest BCUT2D eigenvalue weighted by Gasteiger charge is 1.90. The zero-order chi connectivity index (χ0) is 12.5. The van der Waals surface area contributed by atoms with E-state index >= 15 is 0 Å². The molecule has 2 rings (SSSR count). The summed E-state index contributed by atoms with van der Waals surface area (Å²) in [5.41, 5.74) is 2.54. The van der Waals surface area contributed by atoms with Gasteiger partial charge in [-0.1, -0.05) is 72.8 Å². The van der Waals surface area contributed by atoms with E-state index in [-0.39, 0.29) is 0 Å². The van der Waals surface area contributed by atoms with Crippen molar-refractivity contribution in [2.24, 2.45) is 0 Å². The molecule has 1 nitrogen and oxygen atoms in total. The molecule has 2 aromatic carbocycles. The van der Waals surface area contributed by atoms with E-state index in [2.05, 4.69) is 48.6 Å². The van der Waals surface area contributed by atoms with Gasteiger partial charge in [0.15, 0.2) is 0 Å². The number of hydrogen-bond donors (Lipinski definition) is 0. The lowest BCUT2D eigenvalue weighted by molar-refractivity contribution is 0.166. The number of hydrogen-bond acceptors (Lipinski definition) is 1. The van der Waals surface area contributed by atoms with Gasteiger partial charge in [-0.2, -0.15) is 0 Å². The van der Waals surface area contributed by atoms with Crippen molar-refractivity contribution in [3.8, 4) is 0 Å². The Bertz CT molecular complexity index is 459. The first-order valence-electron chi connectivity index (χ1n) is 6.28. The molecule has 0 saturated carbocycles. The van der Waals surface area contributed by atoms with Crippen molar-refractivity contribution in [1.29, 1.82) is 0 Å². The van der Waals surface area contributed by atoms with Gasteiger partial charge in [0, 0.05) is 0 Å². The normalized spacial score (nSPS) is 10.9. The first kappa shape index (κ1) is 12.6. The zero-order valence-corrected chi connectivity index (χ0v) is 10.5. The van der Waals surface area contributed by atoms with E-state index in [4.69, 9.17) is 4.74 Å². The van der Waals surface area contributed by atoms with Crippen LogP contribution in [-0.2, 0) is 11.2 Å². The molecule has 1 heteroatoms. The molecule has 0 amide bonds. The van der Waals surface area contributed by atoms with Crippen LogP contribution in [0.5, 0.6) is 0 Å². The summed E-state index contributed by atoms with van der Waals surface area (Å²) in [7, 11) is 0. The van der Waals surface area contributed by atoms with Gasteiger partial charge in [-0.15, -0.1) is 0 Å². The van der Waals surface area contributed by atoms with Crippen LogP contribution in [-0.4, -0.2) is 13.2 Å². The van der Waals surface area contributed by atoms with E-state index in [0.717, 1.165) is 13.0 Å². The van der Waals surface area contributed by atoms with Crippen molar-refractivity contribution in [2.75, 3.05) is 13.2 Å². The van der Waals surface area contributed by atoms with E-state index in [0.29, 0.717) is 6.61 Å². The van der Waals surface area contributed by atoms with Crippen molar-refractivity contribution in [1.82, 2.24) is 0 Å². The molecule has 0 saturated heterocycles. The molecule has 0 radical (unpaired) electrons. The Morgan fingerprint density at radius 3 is 2.22 bits per heavy atom. The number of ether oxygens (including phenoxy) is 1. The minimum absolute atomic E-state index is 0.668. The molecule has 0 N–H and O–H groups in total. The van der Waals surface area contributed by atoms with Crippen molar-refractivity contribution in [3.63, 3.8) is 0 Å². The van der Waals surface area contributed by atoms with Crippen molar-refractivity contribution in [3.05, 3.63) is 77.9 Å². The summed E-state index contributed by atoms with van der Waals surface area (Å²) in [4.78, 5) is 0. The lowest BCUT2D eigenvalue weighted by Gasteiger charge is -2.01. The molecule has 2 aromatic rings. The van der Waals surface area contributed by atoms with E-state index in [1.54, 1.807) is 0 Å². The van der Waals surface area contributed by atoms with Crippen molar-refractivity contribution < 1.29 is 4.74 Å². The summed E-state index contributed by atoms with van der Waals surface area (Å²) in [6.07, 6.45) is 5.11. The Balaban J connectivity index is 1.63. The summed E-state index contributed by atoms with van der Waals surface area (Å²) in [6.45, 7) is 1.44. The number of benzene rings is 2. The average Bonchev–Trinajstić information content (AvgIpc) is 2.45. The SMILES string of the molecule is C(=Cc1ccccc1)COCCc1ccccc1. The Morgan fingerprint density at radius 1 is 0.833 bits per heavy atom. The fourth-order valence-electron chi connectivity index (χ4n) is 1.73. The van der Waals surface area contributed by atoms with Crippen LogP contribution in [0.4, 0.5) is 0 Å². The maximum Gasteiger partial charge on any atom is 0.0650 e. The summed E-state index contributed by atoms with van der Waals surface area (Å²) >= 11 is 0. The first-order chi connectivity index (χ1) is 8.95. The molecule has 0 aliphatic rings. The summed E-state index contributed by atoms with van der Waals surface area (Å²) in [6, 6.07) is 20.7. The second-order valence-corrected chi connectivity index (χ2v) is 4.12. The second-order valence-electron chi connectivity index (χ2n) is 4.12. The van der Waals surface area contributed by atoms with Gasteiger partial charge in [-0.3, -0.25) is 0 Å².